The Morgan fingerprint density at radius 1 is 0.955 bits per heavy atom. The third-order valence-electron chi connectivity index (χ3n) is 3.53. The van der Waals surface area contributed by atoms with E-state index in [-0.39, 0.29) is 5.41 Å². The van der Waals surface area contributed by atoms with Gasteiger partial charge in [-0.2, -0.15) is 0 Å². The lowest BCUT2D eigenvalue weighted by Gasteiger charge is -2.23. The summed E-state index contributed by atoms with van der Waals surface area (Å²) in [5, 5.41) is -0.282. The van der Waals surface area contributed by atoms with Crippen molar-refractivity contribution in [3.05, 3.63) is 66.2 Å². The van der Waals surface area contributed by atoms with Crippen molar-refractivity contribution < 1.29 is 9.00 Å². The molecule has 4 heteroatoms. The molecule has 0 amide bonds. The van der Waals surface area contributed by atoms with Crippen LogP contribution in [-0.4, -0.2) is 22.9 Å². The van der Waals surface area contributed by atoms with Gasteiger partial charge in [0.1, 0.15) is 13.5 Å². The second-order valence-electron chi connectivity index (χ2n) is 6.40. The molecule has 0 spiro atoms. The molecule has 2 aromatic rings. The molecule has 0 bridgehead atoms. The summed E-state index contributed by atoms with van der Waals surface area (Å²) in [5.41, 5.74) is 1.06. The Morgan fingerprint density at radius 2 is 1.45 bits per heavy atom. The average molecular weight is 331 g/mol. The zero-order chi connectivity index (χ0) is 16.2. The molecule has 0 aromatic heterocycles. The standard InChI is InChI=1S/C18H22O2SSi/c1-22(2,3)18(19)17(14-15-10-6-4-7-11-15)21(20)16-12-8-5-9-13-16/h4-13,17H,14H2,1-3H3. The van der Waals surface area contributed by atoms with Crippen LogP contribution in [0.4, 0.5) is 0 Å². The van der Waals surface area contributed by atoms with Gasteiger partial charge in [-0.25, -0.2) is 0 Å². The molecule has 0 aliphatic carbocycles. The van der Waals surface area contributed by atoms with Crippen molar-refractivity contribution in [3.8, 4) is 0 Å². The number of benzene rings is 2. The average Bonchev–Trinajstić information content (AvgIpc) is 2.52. The summed E-state index contributed by atoms with van der Waals surface area (Å²) in [6, 6.07) is 19.2. The maximum atomic E-state index is 12.9. The van der Waals surface area contributed by atoms with E-state index in [0.29, 0.717) is 6.42 Å². The topological polar surface area (TPSA) is 34.1 Å². The zero-order valence-electron chi connectivity index (χ0n) is 13.3. The summed E-state index contributed by atoms with van der Waals surface area (Å²) in [7, 11) is -3.32. The molecular formula is C18H22O2SSi. The van der Waals surface area contributed by atoms with Gasteiger partial charge in [-0.3, -0.25) is 4.21 Å². The lowest BCUT2D eigenvalue weighted by molar-refractivity contribution is -0.112. The van der Waals surface area contributed by atoms with Gasteiger partial charge >= 0.3 is 0 Å². The molecule has 2 aromatic carbocycles. The van der Waals surface area contributed by atoms with Gasteiger partial charge in [-0.05, 0) is 24.1 Å². The number of rotatable bonds is 6. The minimum atomic E-state index is -2.01. The van der Waals surface area contributed by atoms with Gasteiger partial charge in [0.05, 0.1) is 16.0 Å². The number of carbonyl (C=O) groups is 1. The molecule has 0 aliphatic heterocycles. The van der Waals surface area contributed by atoms with Crippen LogP contribution in [0.15, 0.2) is 65.6 Å². The quantitative estimate of drug-likeness (QED) is 0.754. The van der Waals surface area contributed by atoms with E-state index in [1.807, 2.05) is 80.3 Å². The minimum absolute atomic E-state index is 0.179. The molecule has 2 unspecified atom stereocenters. The van der Waals surface area contributed by atoms with E-state index in [9.17, 15) is 9.00 Å². The van der Waals surface area contributed by atoms with Crippen LogP contribution in [0.3, 0.4) is 0 Å². The highest BCUT2D eigenvalue weighted by Crippen LogP contribution is 2.20. The molecule has 0 heterocycles. The highest BCUT2D eigenvalue weighted by atomic mass is 32.2. The van der Waals surface area contributed by atoms with Crippen LogP contribution >= 0.6 is 0 Å². The SMILES string of the molecule is C[Si](C)(C)C(=O)C(Cc1ccccc1)S(=O)c1ccccc1. The Kier molecular flexibility index (Phi) is 5.48. The van der Waals surface area contributed by atoms with Crippen LogP contribution in [-0.2, 0) is 22.0 Å². The van der Waals surface area contributed by atoms with Crippen molar-refractivity contribution in [1.82, 2.24) is 0 Å². The number of carbonyl (C=O) groups excluding carboxylic acids is 1. The van der Waals surface area contributed by atoms with Crippen molar-refractivity contribution in [2.24, 2.45) is 0 Å². The van der Waals surface area contributed by atoms with E-state index in [4.69, 9.17) is 0 Å². The lowest BCUT2D eigenvalue weighted by Crippen LogP contribution is -2.44. The van der Waals surface area contributed by atoms with Gasteiger partial charge < -0.3 is 4.79 Å². The molecule has 0 fully saturated rings. The fourth-order valence-electron chi connectivity index (χ4n) is 2.30. The zero-order valence-corrected chi connectivity index (χ0v) is 15.1. The Hall–Kier alpha value is -1.52. The third kappa shape index (κ3) is 4.24. The van der Waals surface area contributed by atoms with Crippen molar-refractivity contribution >= 4 is 24.3 Å². The van der Waals surface area contributed by atoms with E-state index in [1.165, 1.54) is 0 Å². The molecule has 0 saturated carbocycles. The first-order valence-corrected chi connectivity index (χ1v) is 12.1. The van der Waals surface area contributed by atoms with Gasteiger partial charge in [-0.1, -0.05) is 68.2 Å². The predicted octanol–water partition coefficient (Wildman–Crippen LogP) is 3.85. The second-order valence-corrected chi connectivity index (χ2v) is 13.0. The van der Waals surface area contributed by atoms with Gasteiger partial charge in [-0.15, -0.1) is 0 Å². The molecule has 22 heavy (non-hydrogen) atoms. The largest absolute Gasteiger partial charge is 0.304 e. The van der Waals surface area contributed by atoms with Crippen LogP contribution in [0, 0.1) is 0 Å². The Balaban J connectivity index is 2.33. The molecular weight excluding hydrogens is 308 g/mol. The fourth-order valence-corrected chi connectivity index (χ4v) is 6.04. The van der Waals surface area contributed by atoms with E-state index in [1.54, 1.807) is 0 Å². The van der Waals surface area contributed by atoms with E-state index in [2.05, 4.69) is 0 Å². The molecule has 116 valence electrons. The maximum Gasteiger partial charge on any atom is 0.127 e. The highest BCUT2D eigenvalue weighted by molar-refractivity contribution is 7.87. The molecule has 2 rings (SSSR count). The summed E-state index contributed by atoms with van der Waals surface area (Å²) in [6.07, 6.45) is 0.533. The minimum Gasteiger partial charge on any atom is -0.304 e. The van der Waals surface area contributed by atoms with Gasteiger partial charge in [0.25, 0.3) is 0 Å². The van der Waals surface area contributed by atoms with Crippen LogP contribution < -0.4 is 0 Å². The molecule has 0 saturated heterocycles. The van der Waals surface area contributed by atoms with Crippen LogP contribution in [0.1, 0.15) is 5.56 Å². The van der Waals surface area contributed by atoms with Gasteiger partial charge in [0, 0.05) is 4.90 Å². The summed E-state index contributed by atoms with van der Waals surface area (Å²) in [4.78, 5) is 13.6. The summed E-state index contributed by atoms with van der Waals surface area (Å²) in [5.74, 6) is 0. The van der Waals surface area contributed by atoms with Crippen molar-refractivity contribution in [2.45, 2.75) is 36.2 Å². The monoisotopic (exact) mass is 330 g/mol. The Morgan fingerprint density at radius 3 is 1.95 bits per heavy atom. The Bertz CT molecular complexity index is 648. The first-order chi connectivity index (χ1) is 10.4. The number of hydrogen-bond acceptors (Lipinski definition) is 2. The normalized spacial score (nSPS) is 14.3. The van der Waals surface area contributed by atoms with Crippen molar-refractivity contribution in [2.75, 3.05) is 0 Å². The van der Waals surface area contributed by atoms with Crippen LogP contribution in [0.25, 0.3) is 0 Å². The highest BCUT2D eigenvalue weighted by Gasteiger charge is 2.35. The van der Waals surface area contributed by atoms with Gasteiger partial charge in [0.2, 0.25) is 0 Å². The van der Waals surface area contributed by atoms with Crippen molar-refractivity contribution in [1.29, 1.82) is 0 Å². The van der Waals surface area contributed by atoms with Gasteiger partial charge in [0.15, 0.2) is 0 Å². The molecule has 0 radical (unpaired) electrons. The summed E-state index contributed by atoms with van der Waals surface area (Å²) < 4.78 is 12.9. The summed E-state index contributed by atoms with van der Waals surface area (Å²) in [6.45, 7) is 6.07. The Labute approximate surface area is 136 Å². The van der Waals surface area contributed by atoms with E-state index < -0.39 is 24.1 Å². The summed E-state index contributed by atoms with van der Waals surface area (Å²) >= 11 is 0. The first kappa shape index (κ1) is 16.8. The third-order valence-corrected chi connectivity index (χ3v) is 7.20. The molecule has 0 N–H and O–H groups in total. The first-order valence-electron chi connectivity index (χ1n) is 7.43. The smallest absolute Gasteiger partial charge is 0.127 e. The molecule has 2 atom stereocenters. The van der Waals surface area contributed by atoms with E-state index >= 15 is 0 Å². The van der Waals surface area contributed by atoms with Crippen LogP contribution in [0.5, 0.6) is 0 Å². The lowest BCUT2D eigenvalue weighted by atomic mass is 10.1. The predicted molar refractivity (Wildman–Crippen MR) is 95.1 cm³/mol. The fraction of sp³-hybridized carbons (Fsp3) is 0.278. The molecule has 0 aliphatic rings. The maximum absolute atomic E-state index is 12.9. The van der Waals surface area contributed by atoms with E-state index in [0.717, 1.165) is 10.5 Å². The number of hydrogen-bond donors (Lipinski definition) is 0. The second kappa shape index (κ2) is 7.16. The van der Waals surface area contributed by atoms with Crippen LogP contribution in [0.2, 0.25) is 19.6 Å². The van der Waals surface area contributed by atoms with Crippen molar-refractivity contribution in [3.63, 3.8) is 0 Å². The molecule has 2 nitrogen and oxygen atoms in total.